The van der Waals surface area contributed by atoms with Gasteiger partial charge in [-0.15, -0.1) is 0 Å². The molecule has 0 radical (unpaired) electrons. The van der Waals surface area contributed by atoms with E-state index in [1.54, 1.807) is 6.92 Å². The summed E-state index contributed by atoms with van der Waals surface area (Å²) in [6.45, 7) is 1.64. The topological polar surface area (TPSA) is 75.7 Å². The second-order valence-electron chi connectivity index (χ2n) is 2.97. The minimum atomic E-state index is -0.402. The first-order chi connectivity index (χ1) is 7.15. The van der Waals surface area contributed by atoms with Crippen LogP contribution in [0.5, 0.6) is 0 Å². The van der Waals surface area contributed by atoms with Crippen molar-refractivity contribution in [2.75, 3.05) is 0 Å². The quantitative estimate of drug-likeness (QED) is 0.735. The van der Waals surface area contributed by atoms with Crippen LogP contribution < -0.4 is 5.56 Å². The molecular weight excluding hydrogens is 218 g/mol. The number of hydrogen-bond acceptors (Lipinski definition) is 4. The van der Waals surface area contributed by atoms with Crippen LogP contribution in [0, 0.1) is 6.92 Å². The first-order valence-electron chi connectivity index (χ1n) is 4.14. The first kappa shape index (κ1) is 9.79. The molecule has 0 unspecified atom stereocenters. The Balaban J connectivity index is 3.05. The third kappa shape index (κ3) is 1.41. The van der Waals surface area contributed by atoms with Crippen LogP contribution in [-0.2, 0) is 0 Å². The van der Waals surface area contributed by atoms with Crippen LogP contribution in [0.3, 0.4) is 0 Å². The Morgan fingerprint density at radius 2 is 2.27 bits per heavy atom. The maximum atomic E-state index is 11.4. The van der Waals surface area contributed by atoms with E-state index in [1.165, 1.54) is 6.33 Å². The van der Waals surface area contributed by atoms with Crippen molar-refractivity contribution in [3.63, 3.8) is 0 Å². The molecule has 0 aliphatic rings. The third-order valence-corrected chi connectivity index (χ3v) is 2.46. The number of H-pyrrole nitrogens is 1. The zero-order valence-corrected chi connectivity index (χ0v) is 8.50. The molecule has 2 heterocycles. The summed E-state index contributed by atoms with van der Waals surface area (Å²) < 4.78 is 0. The normalized spacial score (nSPS) is 10.5. The predicted molar refractivity (Wildman–Crippen MR) is 55.3 cm³/mol. The number of aromatic amines is 1. The molecule has 6 heteroatoms. The number of pyridine rings is 1. The van der Waals surface area contributed by atoms with Gasteiger partial charge >= 0.3 is 0 Å². The molecule has 0 amide bonds. The van der Waals surface area contributed by atoms with Crippen molar-refractivity contribution in [3.05, 3.63) is 33.0 Å². The standard InChI is InChI=1S/C9H6ClN3O2/c1-4-5(2-14)7(10)6-8(13-4)11-3-12-9(6)15/h2-3H,1H3,(H,11,12,13,15). The zero-order valence-electron chi connectivity index (χ0n) is 7.74. The summed E-state index contributed by atoms with van der Waals surface area (Å²) in [6.07, 6.45) is 1.82. The van der Waals surface area contributed by atoms with Gasteiger partial charge in [0.05, 0.1) is 22.6 Å². The Morgan fingerprint density at radius 1 is 1.53 bits per heavy atom. The van der Waals surface area contributed by atoms with Gasteiger partial charge in [-0.05, 0) is 6.92 Å². The van der Waals surface area contributed by atoms with Gasteiger partial charge < -0.3 is 4.98 Å². The summed E-state index contributed by atoms with van der Waals surface area (Å²) in [6, 6.07) is 0. The van der Waals surface area contributed by atoms with Crippen molar-refractivity contribution < 1.29 is 4.79 Å². The molecule has 5 nitrogen and oxygen atoms in total. The lowest BCUT2D eigenvalue weighted by Crippen LogP contribution is -2.10. The number of nitrogens with zero attached hydrogens (tertiary/aromatic N) is 2. The maximum absolute atomic E-state index is 11.4. The van der Waals surface area contributed by atoms with Crippen molar-refractivity contribution in [1.29, 1.82) is 0 Å². The molecule has 0 fully saturated rings. The van der Waals surface area contributed by atoms with Gasteiger partial charge in [0.2, 0.25) is 0 Å². The Morgan fingerprint density at radius 3 is 2.93 bits per heavy atom. The molecule has 0 saturated heterocycles. The lowest BCUT2D eigenvalue weighted by molar-refractivity contribution is 0.112. The van der Waals surface area contributed by atoms with E-state index in [4.69, 9.17) is 11.6 Å². The Hall–Kier alpha value is -1.75. The zero-order chi connectivity index (χ0) is 11.0. The summed E-state index contributed by atoms with van der Waals surface area (Å²) in [5.74, 6) is 0. The van der Waals surface area contributed by atoms with Gasteiger partial charge in [-0.25, -0.2) is 9.97 Å². The molecule has 2 aromatic heterocycles. The van der Waals surface area contributed by atoms with E-state index in [0.29, 0.717) is 12.0 Å². The molecule has 0 spiro atoms. The molecule has 2 aromatic rings. The molecule has 0 atom stereocenters. The van der Waals surface area contributed by atoms with E-state index in [9.17, 15) is 9.59 Å². The van der Waals surface area contributed by atoms with Gasteiger partial charge in [-0.3, -0.25) is 9.59 Å². The second kappa shape index (κ2) is 3.43. The number of carbonyl (C=O) groups excluding carboxylic acids is 1. The summed E-state index contributed by atoms with van der Waals surface area (Å²) in [5.41, 5.74) is 0.524. The van der Waals surface area contributed by atoms with E-state index in [2.05, 4.69) is 15.0 Å². The first-order valence-corrected chi connectivity index (χ1v) is 4.51. The molecule has 0 aliphatic heterocycles. The maximum Gasteiger partial charge on any atom is 0.261 e. The predicted octanol–water partition coefficient (Wildman–Crippen LogP) is 1.09. The Kier molecular flexibility index (Phi) is 2.24. The third-order valence-electron chi connectivity index (χ3n) is 2.07. The Labute approximate surface area is 89.1 Å². The fourth-order valence-corrected chi connectivity index (χ4v) is 1.67. The molecule has 15 heavy (non-hydrogen) atoms. The average molecular weight is 224 g/mol. The highest BCUT2D eigenvalue weighted by Gasteiger charge is 2.13. The molecule has 0 saturated carbocycles. The van der Waals surface area contributed by atoms with Gasteiger partial charge in [-0.2, -0.15) is 0 Å². The lowest BCUT2D eigenvalue weighted by atomic mass is 10.2. The number of nitrogens with one attached hydrogen (secondary N) is 1. The van der Waals surface area contributed by atoms with Crippen LogP contribution in [0.15, 0.2) is 11.1 Å². The summed E-state index contributed by atoms with van der Waals surface area (Å²) >= 11 is 5.92. The summed E-state index contributed by atoms with van der Waals surface area (Å²) in [5, 5.41) is 0.244. The highest BCUT2D eigenvalue weighted by atomic mass is 35.5. The minimum Gasteiger partial charge on any atom is -0.312 e. The van der Waals surface area contributed by atoms with Gasteiger partial charge in [0, 0.05) is 0 Å². The molecule has 0 aliphatic carbocycles. The number of aldehydes is 1. The van der Waals surface area contributed by atoms with Crippen molar-refractivity contribution >= 4 is 28.9 Å². The fraction of sp³-hybridized carbons (Fsp3) is 0.111. The molecule has 76 valence electrons. The van der Waals surface area contributed by atoms with Gasteiger partial charge in [0.15, 0.2) is 11.9 Å². The number of halogens is 1. The fourth-order valence-electron chi connectivity index (χ4n) is 1.32. The van der Waals surface area contributed by atoms with Crippen LogP contribution in [0.2, 0.25) is 5.02 Å². The largest absolute Gasteiger partial charge is 0.312 e. The summed E-state index contributed by atoms with van der Waals surface area (Å²) in [7, 11) is 0. The van der Waals surface area contributed by atoms with Crippen molar-refractivity contribution in [1.82, 2.24) is 15.0 Å². The van der Waals surface area contributed by atoms with E-state index in [0.717, 1.165) is 0 Å². The number of hydrogen-bond donors (Lipinski definition) is 1. The molecule has 0 bridgehead atoms. The van der Waals surface area contributed by atoms with Crippen LogP contribution in [-0.4, -0.2) is 21.2 Å². The van der Waals surface area contributed by atoms with E-state index < -0.39 is 5.56 Å². The van der Waals surface area contributed by atoms with E-state index in [-0.39, 0.29) is 21.6 Å². The van der Waals surface area contributed by atoms with Crippen LogP contribution in [0.1, 0.15) is 16.1 Å². The van der Waals surface area contributed by atoms with Gasteiger partial charge in [0.25, 0.3) is 5.56 Å². The molecule has 2 rings (SSSR count). The van der Waals surface area contributed by atoms with Gasteiger partial charge in [0.1, 0.15) is 5.39 Å². The Bertz CT molecular complexity index is 606. The number of carbonyl (C=O) groups is 1. The average Bonchev–Trinajstić information content (AvgIpc) is 2.17. The van der Waals surface area contributed by atoms with Crippen LogP contribution >= 0.6 is 11.6 Å². The highest BCUT2D eigenvalue weighted by molar-refractivity contribution is 6.37. The van der Waals surface area contributed by atoms with Crippen LogP contribution in [0.25, 0.3) is 11.0 Å². The number of fused-ring (bicyclic) bond motifs is 1. The second-order valence-corrected chi connectivity index (χ2v) is 3.35. The van der Waals surface area contributed by atoms with Crippen molar-refractivity contribution in [3.8, 4) is 0 Å². The molecule has 0 aromatic carbocycles. The number of rotatable bonds is 1. The molecular formula is C9H6ClN3O2. The van der Waals surface area contributed by atoms with Gasteiger partial charge in [-0.1, -0.05) is 11.6 Å². The lowest BCUT2D eigenvalue weighted by Gasteiger charge is -2.03. The van der Waals surface area contributed by atoms with Crippen LogP contribution in [0.4, 0.5) is 0 Å². The van der Waals surface area contributed by atoms with E-state index in [1.807, 2.05) is 0 Å². The smallest absolute Gasteiger partial charge is 0.261 e. The summed E-state index contributed by atoms with van der Waals surface area (Å²) in [4.78, 5) is 32.5. The van der Waals surface area contributed by atoms with Crippen molar-refractivity contribution in [2.24, 2.45) is 0 Å². The highest BCUT2D eigenvalue weighted by Crippen LogP contribution is 2.22. The monoisotopic (exact) mass is 223 g/mol. The van der Waals surface area contributed by atoms with E-state index >= 15 is 0 Å². The SMILES string of the molecule is Cc1nc2nc[nH]c(=O)c2c(Cl)c1C=O. The van der Waals surface area contributed by atoms with Crippen molar-refractivity contribution in [2.45, 2.75) is 6.92 Å². The number of aryl methyl sites for hydroxylation is 1. The molecule has 1 N–H and O–H groups in total. The number of aromatic nitrogens is 3. The minimum absolute atomic E-state index is 0.0989.